The molecule has 0 unspecified atom stereocenters. The van der Waals surface area contributed by atoms with Gasteiger partial charge in [-0.1, -0.05) is 53.2 Å². The van der Waals surface area contributed by atoms with Gasteiger partial charge in [-0.25, -0.2) is 4.98 Å². The normalized spacial score (nSPS) is 59.1. The minimum absolute atomic E-state index is 0.0122. The van der Waals surface area contributed by atoms with Crippen molar-refractivity contribution in [1.82, 2.24) is 4.98 Å². The van der Waals surface area contributed by atoms with Gasteiger partial charge in [0, 0.05) is 66.6 Å². The van der Waals surface area contributed by atoms with Crippen molar-refractivity contribution >= 4 is 0 Å². The highest BCUT2D eigenvalue weighted by atomic mass is 16.7. The minimum atomic E-state index is -1.42. The van der Waals surface area contributed by atoms with Gasteiger partial charge in [-0.2, -0.15) is 4.57 Å². The number of aliphatic hydroxyl groups excluding tert-OH is 3. The third-order valence-electron chi connectivity index (χ3n) is 24.2. The molecule has 13 rings (SSSR count). The molecule has 4 saturated heterocycles. The number of aliphatic hydroxyl groups is 5. The molecule has 1 aromatic heterocycles. The zero-order valence-corrected chi connectivity index (χ0v) is 41.6. The van der Waals surface area contributed by atoms with Gasteiger partial charge < -0.3 is 44.5 Å². The van der Waals surface area contributed by atoms with Crippen LogP contribution in [0.1, 0.15) is 149 Å². The molecule has 0 aromatic carbocycles. The summed E-state index contributed by atoms with van der Waals surface area (Å²) in [7, 11) is 2.28. The second kappa shape index (κ2) is 13.3. The molecule has 11 heteroatoms. The Morgan fingerprint density at radius 2 is 1.45 bits per heavy atom. The Morgan fingerprint density at radius 3 is 2.17 bits per heavy atom. The highest BCUT2D eigenvalue weighted by molar-refractivity contribution is 5.43. The van der Waals surface area contributed by atoms with Crippen molar-refractivity contribution < 1.29 is 49.0 Å². The lowest BCUT2D eigenvalue weighted by atomic mass is 9.43. The first-order valence-electron chi connectivity index (χ1n) is 26.7. The quantitative estimate of drug-likeness (QED) is 0.159. The molecule has 4 aliphatic heterocycles. The molecule has 5 saturated carbocycles. The van der Waals surface area contributed by atoms with Crippen molar-refractivity contribution in [2.45, 2.75) is 211 Å². The highest BCUT2D eigenvalue weighted by Crippen LogP contribution is 2.73. The van der Waals surface area contributed by atoms with E-state index in [9.17, 15) is 25.5 Å². The molecule has 0 bridgehead atoms. The number of ether oxygens (including phenoxy) is 4. The van der Waals surface area contributed by atoms with Gasteiger partial charge in [-0.15, -0.1) is 0 Å². The van der Waals surface area contributed by atoms with E-state index >= 15 is 0 Å². The van der Waals surface area contributed by atoms with Crippen molar-refractivity contribution in [2.75, 3.05) is 6.61 Å². The standard InChI is InChI=1S/C55H81N2O9/c1-27-46-41(64-53(27)15-13-47(3,4)66-53)20-33-31-12-11-29-17-36-39(25-50(29,7)32(31)21-42(59)51(33,46)8)57(10)38-18-30-19-40(58)45-34(49(30,6)24-37(38)56-36)22-43(60)52(9)35(45)23-44-55(52,62)28(2)54(65-44)16-14-48(5,61)26-63-54/h23,27-34,40-46,58-62H,11-22,24-26H2,1-10H3/q+1/t27-,28+,29-,30+,31+,32-,33+,34-,40-,41-,42+,43+,44-,45+,46-,48-,49-,50-,51+,52+,53+,54+,55+/m0/s1. The zero-order chi connectivity index (χ0) is 46.5. The SMILES string of the molecule is C[C@@H]1[C@@]2(CC[C@](C)(O)CO2)O[C@H]2C=C3[C@@H]4[C@@H](O)C[C@H]5Cc6c(nc7c([n+]6C)C[C@@]6(C)[C@@H](CC[C@H]8[C@H]9C[C@@H]%10O[C@@]%11(CCC(C)(C)O%11)[C@@H](C)[C@@H]%10[C@@]9(C)[C@H](O)C[C@@H]86)C7)C[C@]5(C)[C@H]4C[C@@H](O)[C@]3(C)[C@]21O. The molecule has 5 heterocycles. The van der Waals surface area contributed by atoms with Crippen LogP contribution in [0.15, 0.2) is 11.6 Å². The first-order valence-corrected chi connectivity index (χ1v) is 26.7. The van der Waals surface area contributed by atoms with E-state index in [-0.39, 0.29) is 64.3 Å². The van der Waals surface area contributed by atoms with Gasteiger partial charge >= 0.3 is 0 Å². The summed E-state index contributed by atoms with van der Waals surface area (Å²) in [5.41, 5.74) is 2.21. The maximum Gasteiger partial charge on any atom is 0.203 e. The van der Waals surface area contributed by atoms with Crippen LogP contribution < -0.4 is 4.57 Å². The maximum atomic E-state index is 12.9. The van der Waals surface area contributed by atoms with Crippen LogP contribution in [0.4, 0.5) is 0 Å². The van der Waals surface area contributed by atoms with Gasteiger partial charge in [0.1, 0.15) is 30.1 Å². The van der Waals surface area contributed by atoms with Crippen molar-refractivity contribution in [3.8, 4) is 0 Å². The lowest BCUT2D eigenvalue weighted by Crippen LogP contribution is -2.66. The van der Waals surface area contributed by atoms with Crippen LogP contribution in [-0.2, 0) is 51.7 Å². The Balaban J connectivity index is 0.779. The smallest absolute Gasteiger partial charge is 0.203 e. The molecule has 23 atom stereocenters. The largest absolute Gasteiger partial charge is 0.393 e. The Labute approximate surface area is 392 Å². The molecular formula is C55H81N2O9+. The summed E-state index contributed by atoms with van der Waals surface area (Å²) < 4.78 is 29.4. The predicted octanol–water partition coefficient (Wildman–Crippen LogP) is 5.83. The number of rotatable bonds is 0. The number of aromatic nitrogens is 2. The van der Waals surface area contributed by atoms with Gasteiger partial charge in [0.25, 0.3) is 0 Å². The van der Waals surface area contributed by atoms with Gasteiger partial charge in [-0.05, 0) is 125 Å². The molecule has 11 nitrogen and oxygen atoms in total. The van der Waals surface area contributed by atoms with E-state index in [0.717, 1.165) is 56.9 Å². The topological polar surface area (TPSA) is 155 Å². The summed E-state index contributed by atoms with van der Waals surface area (Å²) in [4.78, 5) is 5.70. The summed E-state index contributed by atoms with van der Waals surface area (Å²) >= 11 is 0. The fraction of sp³-hybridized carbons (Fsp3) is 0.891. The van der Waals surface area contributed by atoms with Gasteiger partial charge in [0.15, 0.2) is 11.6 Å². The number of nitrogens with zero attached hydrogens (tertiary/aromatic N) is 2. The highest BCUT2D eigenvalue weighted by Gasteiger charge is 2.78. The monoisotopic (exact) mass is 914 g/mol. The lowest BCUT2D eigenvalue weighted by molar-refractivity contribution is -0.690. The summed E-state index contributed by atoms with van der Waals surface area (Å²) in [6.45, 7) is 20.1. The van der Waals surface area contributed by atoms with Crippen LogP contribution in [0.3, 0.4) is 0 Å². The molecule has 8 aliphatic carbocycles. The van der Waals surface area contributed by atoms with E-state index in [2.05, 4.69) is 59.2 Å². The molecule has 12 aliphatic rings. The molecule has 66 heavy (non-hydrogen) atoms. The number of hydrogen-bond acceptors (Lipinski definition) is 10. The molecule has 2 spiro atoms. The van der Waals surface area contributed by atoms with Crippen molar-refractivity contribution in [1.29, 1.82) is 0 Å². The Morgan fingerprint density at radius 1 is 0.727 bits per heavy atom. The molecule has 0 radical (unpaired) electrons. The van der Waals surface area contributed by atoms with E-state index < -0.39 is 52.4 Å². The fourth-order valence-electron chi connectivity index (χ4n) is 20.3. The van der Waals surface area contributed by atoms with Crippen molar-refractivity contribution in [3.63, 3.8) is 0 Å². The van der Waals surface area contributed by atoms with Gasteiger partial charge in [0.05, 0.1) is 42.2 Å². The minimum Gasteiger partial charge on any atom is -0.393 e. The second-order valence-corrected chi connectivity index (χ2v) is 27.3. The average Bonchev–Trinajstić information content (AvgIpc) is 3.95. The Bertz CT molecular complexity index is 2290. The molecule has 5 N–H and O–H groups in total. The van der Waals surface area contributed by atoms with E-state index in [4.69, 9.17) is 23.9 Å². The van der Waals surface area contributed by atoms with E-state index in [1.165, 1.54) is 35.6 Å². The number of hydrogen-bond donors (Lipinski definition) is 5. The summed E-state index contributed by atoms with van der Waals surface area (Å²) in [5.74, 6) is 0.574. The van der Waals surface area contributed by atoms with Crippen molar-refractivity contribution in [3.05, 3.63) is 34.4 Å². The maximum absolute atomic E-state index is 12.9. The molecule has 0 amide bonds. The van der Waals surface area contributed by atoms with Crippen LogP contribution in [0.5, 0.6) is 0 Å². The van der Waals surface area contributed by atoms with Gasteiger partial charge in [0.2, 0.25) is 11.4 Å². The van der Waals surface area contributed by atoms with E-state index in [1.54, 1.807) is 6.92 Å². The third-order valence-corrected chi connectivity index (χ3v) is 24.2. The van der Waals surface area contributed by atoms with Gasteiger partial charge in [-0.3, -0.25) is 0 Å². The van der Waals surface area contributed by atoms with Crippen LogP contribution in [-0.4, -0.2) is 96.0 Å². The lowest BCUT2D eigenvalue weighted by Gasteiger charge is -2.62. The third kappa shape index (κ3) is 5.18. The first kappa shape index (κ1) is 44.4. The summed E-state index contributed by atoms with van der Waals surface area (Å²) in [6, 6.07) is 0. The van der Waals surface area contributed by atoms with Crippen LogP contribution >= 0.6 is 0 Å². The van der Waals surface area contributed by atoms with E-state index in [1.807, 2.05) is 13.8 Å². The second-order valence-electron chi connectivity index (χ2n) is 27.3. The van der Waals surface area contributed by atoms with E-state index in [0.29, 0.717) is 55.3 Å². The van der Waals surface area contributed by atoms with Crippen LogP contribution in [0.2, 0.25) is 0 Å². The molecule has 364 valence electrons. The molecular weight excluding hydrogens is 833 g/mol. The van der Waals surface area contributed by atoms with Crippen molar-refractivity contribution in [2.24, 2.45) is 87.9 Å². The first-order chi connectivity index (χ1) is 30.9. The van der Waals surface area contributed by atoms with Crippen LogP contribution in [0.25, 0.3) is 0 Å². The van der Waals surface area contributed by atoms with Crippen LogP contribution in [0, 0.1) is 80.8 Å². The average molecular weight is 914 g/mol. The fourth-order valence-corrected chi connectivity index (χ4v) is 20.3. The predicted molar refractivity (Wildman–Crippen MR) is 243 cm³/mol. The Hall–Kier alpha value is -1.54. The summed E-state index contributed by atoms with van der Waals surface area (Å²) in [5, 5.41) is 61.1. The Kier molecular flexibility index (Phi) is 8.94. The molecule has 9 fully saturated rings. The molecule has 1 aromatic rings. The number of fused-ring (bicyclic) bond motifs is 16. The summed E-state index contributed by atoms with van der Waals surface area (Å²) in [6.07, 6.45) is 11.7. The zero-order valence-electron chi connectivity index (χ0n) is 41.6.